The zero-order valence-electron chi connectivity index (χ0n) is 8.78. The number of hydrogen-bond donors (Lipinski definition) is 0. The normalized spacial score (nSPS) is 38.7. The van der Waals surface area contributed by atoms with Gasteiger partial charge in [-0.25, -0.2) is 0 Å². The minimum absolute atomic E-state index is 0.233. The maximum Gasteiger partial charge on any atom is 0.0702 e. The minimum Gasteiger partial charge on any atom is -0.377 e. The Kier molecular flexibility index (Phi) is 3.05. The van der Waals surface area contributed by atoms with Gasteiger partial charge in [0.15, 0.2) is 0 Å². The van der Waals surface area contributed by atoms with Crippen LogP contribution in [0.4, 0.5) is 0 Å². The molecule has 2 aliphatic heterocycles. The second-order valence-electron chi connectivity index (χ2n) is 4.39. The van der Waals surface area contributed by atoms with Gasteiger partial charge in [0.05, 0.1) is 18.1 Å². The van der Waals surface area contributed by atoms with Crippen LogP contribution in [0, 0.1) is 17.2 Å². The maximum absolute atomic E-state index is 8.91. The molecule has 14 heavy (non-hydrogen) atoms. The Morgan fingerprint density at radius 2 is 2.36 bits per heavy atom. The van der Waals surface area contributed by atoms with Gasteiger partial charge in [-0.05, 0) is 32.7 Å². The molecule has 2 rings (SSSR count). The van der Waals surface area contributed by atoms with Crippen LogP contribution in [0.1, 0.15) is 26.2 Å². The van der Waals surface area contributed by atoms with Gasteiger partial charge in [-0.2, -0.15) is 5.26 Å². The molecule has 2 heterocycles. The summed E-state index contributed by atoms with van der Waals surface area (Å²) in [6, 6.07) is 2.81. The maximum atomic E-state index is 8.91. The van der Waals surface area contributed by atoms with Gasteiger partial charge in [0.2, 0.25) is 0 Å². The summed E-state index contributed by atoms with van der Waals surface area (Å²) in [7, 11) is 0. The third-order valence-corrected chi connectivity index (χ3v) is 3.51. The standard InChI is InChI=1S/C11H18N2O/c1-9-10(7-12)4-5-13(9)8-11-3-2-6-14-11/h9-11H,2-6,8H2,1H3. The molecule has 2 saturated heterocycles. The van der Waals surface area contributed by atoms with Crippen LogP contribution in [0.25, 0.3) is 0 Å². The highest BCUT2D eigenvalue weighted by Gasteiger charge is 2.32. The molecule has 0 spiro atoms. The molecular weight excluding hydrogens is 176 g/mol. The van der Waals surface area contributed by atoms with Crippen molar-refractivity contribution < 1.29 is 4.74 Å². The largest absolute Gasteiger partial charge is 0.377 e. The Morgan fingerprint density at radius 3 is 2.93 bits per heavy atom. The molecule has 2 fully saturated rings. The lowest BCUT2D eigenvalue weighted by molar-refractivity contribution is 0.0696. The monoisotopic (exact) mass is 194 g/mol. The zero-order valence-corrected chi connectivity index (χ0v) is 8.78. The van der Waals surface area contributed by atoms with Crippen LogP contribution in [0.2, 0.25) is 0 Å². The van der Waals surface area contributed by atoms with E-state index in [-0.39, 0.29) is 5.92 Å². The van der Waals surface area contributed by atoms with Crippen molar-refractivity contribution in [2.24, 2.45) is 5.92 Å². The number of rotatable bonds is 2. The fourth-order valence-electron chi connectivity index (χ4n) is 2.48. The van der Waals surface area contributed by atoms with Crippen LogP contribution in [0.15, 0.2) is 0 Å². The third-order valence-electron chi connectivity index (χ3n) is 3.51. The molecule has 3 heteroatoms. The summed E-state index contributed by atoms with van der Waals surface area (Å²) in [6.07, 6.45) is 3.86. The average Bonchev–Trinajstić information content (AvgIpc) is 2.79. The number of nitriles is 1. The van der Waals surface area contributed by atoms with E-state index in [0.29, 0.717) is 12.1 Å². The fraction of sp³-hybridized carbons (Fsp3) is 0.909. The average molecular weight is 194 g/mol. The fourth-order valence-corrected chi connectivity index (χ4v) is 2.48. The van der Waals surface area contributed by atoms with Crippen LogP contribution >= 0.6 is 0 Å². The van der Waals surface area contributed by atoms with Crippen molar-refractivity contribution in [3.8, 4) is 6.07 Å². The summed E-state index contributed by atoms with van der Waals surface area (Å²) in [5.41, 5.74) is 0. The van der Waals surface area contributed by atoms with E-state index in [1.165, 1.54) is 12.8 Å². The SMILES string of the molecule is CC1C(C#N)CCN1CC1CCCO1. The molecule has 0 aromatic rings. The predicted molar refractivity (Wildman–Crippen MR) is 53.7 cm³/mol. The van der Waals surface area contributed by atoms with E-state index in [9.17, 15) is 0 Å². The van der Waals surface area contributed by atoms with Gasteiger partial charge in [-0.3, -0.25) is 4.90 Å². The van der Waals surface area contributed by atoms with E-state index in [1.807, 2.05) is 0 Å². The van der Waals surface area contributed by atoms with Crippen LogP contribution < -0.4 is 0 Å². The van der Waals surface area contributed by atoms with Crippen LogP contribution in [0.3, 0.4) is 0 Å². The van der Waals surface area contributed by atoms with Crippen molar-refractivity contribution in [3.63, 3.8) is 0 Å². The van der Waals surface area contributed by atoms with Crippen molar-refractivity contribution in [3.05, 3.63) is 0 Å². The third kappa shape index (κ3) is 1.92. The second kappa shape index (κ2) is 4.29. The molecule has 0 aromatic carbocycles. The van der Waals surface area contributed by atoms with E-state index < -0.39 is 0 Å². The molecule has 0 aliphatic carbocycles. The Labute approximate surface area is 85.6 Å². The van der Waals surface area contributed by atoms with Gasteiger partial charge in [-0.15, -0.1) is 0 Å². The Bertz CT molecular complexity index is 230. The predicted octanol–water partition coefficient (Wildman–Crippen LogP) is 1.40. The Morgan fingerprint density at radius 1 is 1.50 bits per heavy atom. The van der Waals surface area contributed by atoms with E-state index in [4.69, 9.17) is 10.00 Å². The number of likely N-dealkylation sites (tertiary alicyclic amines) is 1. The van der Waals surface area contributed by atoms with Gasteiger partial charge < -0.3 is 4.74 Å². The molecule has 2 aliphatic rings. The zero-order chi connectivity index (χ0) is 9.97. The number of hydrogen-bond acceptors (Lipinski definition) is 3. The highest BCUT2D eigenvalue weighted by atomic mass is 16.5. The molecule has 3 nitrogen and oxygen atoms in total. The molecule has 3 atom stereocenters. The van der Waals surface area contributed by atoms with Crippen molar-refractivity contribution in [2.45, 2.75) is 38.3 Å². The van der Waals surface area contributed by atoms with Crippen molar-refractivity contribution in [1.82, 2.24) is 4.90 Å². The smallest absolute Gasteiger partial charge is 0.0702 e. The summed E-state index contributed by atoms with van der Waals surface area (Å²) in [5, 5.41) is 8.91. The van der Waals surface area contributed by atoms with Crippen molar-refractivity contribution in [1.29, 1.82) is 5.26 Å². The van der Waals surface area contributed by atoms with E-state index in [0.717, 1.165) is 26.1 Å². The summed E-state index contributed by atoms with van der Waals surface area (Å²) < 4.78 is 5.61. The molecule has 0 radical (unpaired) electrons. The lowest BCUT2D eigenvalue weighted by atomic mass is 10.0. The van der Waals surface area contributed by atoms with E-state index in [1.54, 1.807) is 0 Å². The van der Waals surface area contributed by atoms with E-state index in [2.05, 4.69) is 17.9 Å². The van der Waals surface area contributed by atoms with Crippen LogP contribution in [-0.2, 0) is 4.74 Å². The first-order chi connectivity index (χ1) is 6.81. The molecule has 0 aromatic heterocycles. The molecule has 0 N–H and O–H groups in total. The van der Waals surface area contributed by atoms with Gasteiger partial charge in [-0.1, -0.05) is 0 Å². The molecule has 0 bridgehead atoms. The second-order valence-corrected chi connectivity index (χ2v) is 4.39. The Hall–Kier alpha value is -0.590. The van der Waals surface area contributed by atoms with Crippen LogP contribution in [-0.4, -0.2) is 36.7 Å². The first kappa shape index (κ1) is 9.95. The summed E-state index contributed by atoms with van der Waals surface area (Å²) in [6.45, 7) is 5.18. The number of nitrogens with zero attached hydrogens (tertiary/aromatic N) is 2. The Balaban J connectivity index is 1.84. The first-order valence-electron chi connectivity index (χ1n) is 5.56. The van der Waals surface area contributed by atoms with Gasteiger partial charge >= 0.3 is 0 Å². The summed E-state index contributed by atoms with van der Waals surface area (Å²) >= 11 is 0. The molecule has 0 amide bonds. The van der Waals surface area contributed by atoms with Crippen molar-refractivity contribution in [2.75, 3.05) is 19.7 Å². The van der Waals surface area contributed by atoms with Gasteiger partial charge in [0, 0.05) is 19.2 Å². The lowest BCUT2D eigenvalue weighted by Gasteiger charge is -2.24. The molecule has 3 unspecified atom stereocenters. The van der Waals surface area contributed by atoms with Gasteiger partial charge in [0.25, 0.3) is 0 Å². The topological polar surface area (TPSA) is 36.3 Å². The molecule has 0 saturated carbocycles. The van der Waals surface area contributed by atoms with Crippen molar-refractivity contribution >= 4 is 0 Å². The highest BCUT2D eigenvalue weighted by Crippen LogP contribution is 2.25. The summed E-state index contributed by atoms with van der Waals surface area (Å²) in [5.74, 6) is 0.233. The first-order valence-corrected chi connectivity index (χ1v) is 5.56. The number of ether oxygens (including phenoxy) is 1. The van der Waals surface area contributed by atoms with E-state index >= 15 is 0 Å². The summed E-state index contributed by atoms with van der Waals surface area (Å²) in [4.78, 5) is 2.41. The quantitative estimate of drug-likeness (QED) is 0.666. The minimum atomic E-state index is 0.233. The molecule has 78 valence electrons. The van der Waals surface area contributed by atoms with Gasteiger partial charge in [0.1, 0.15) is 0 Å². The lowest BCUT2D eigenvalue weighted by Crippen LogP contribution is -2.36. The van der Waals surface area contributed by atoms with Crippen LogP contribution in [0.5, 0.6) is 0 Å². The highest BCUT2D eigenvalue weighted by molar-refractivity contribution is 4.97. The molecular formula is C11H18N2O.